The first-order valence-corrected chi connectivity index (χ1v) is 9.09. The highest BCUT2D eigenvalue weighted by atomic mass is 35.5. The number of para-hydroxylation sites is 1. The van der Waals surface area contributed by atoms with Crippen LogP contribution in [0.5, 0.6) is 0 Å². The number of carbonyl (C=O) groups excluding carboxylic acids is 1. The molecule has 0 aromatic heterocycles. The third kappa shape index (κ3) is 4.46. The molecule has 0 heterocycles. The summed E-state index contributed by atoms with van der Waals surface area (Å²) in [5, 5.41) is 3.11. The molecular weight excluding hydrogens is 336 g/mol. The number of hydrogen-bond donors (Lipinski definition) is 1. The predicted octanol–water partition coefficient (Wildman–Crippen LogP) is 3.05. The number of hydrogen-bond acceptors (Lipinski definition) is 3. The lowest BCUT2D eigenvalue weighted by molar-refractivity contribution is -0.114. The summed E-state index contributed by atoms with van der Waals surface area (Å²) in [6.45, 7) is 1.39. The topological polar surface area (TPSA) is 66.5 Å². The molecule has 0 bridgehead atoms. The fraction of sp³-hybridized carbons (Fsp3) is 0.188. The quantitative estimate of drug-likeness (QED) is 0.899. The van der Waals surface area contributed by atoms with Crippen LogP contribution in [-0.4, -0.2) is 27.1 Å². The minimum Gasteiger partial charge on any atom is -0.325 e. The van der Waals surface area contributed by atoms with Crippen LogP contribution in [0.1, 0.15) is 5.56 Å². The number of benzene rings is 2. The Kier molecular flexibility index (Phi) is 5.28. The van der Waals surface area contributed by atoms with Gasteiger partial charge in [-0.2, -0.15) is 0 Å². The van der Waals surface area contributed by atoms with Crippen molar-refractivity contribution in [1.82, 2.24) is 0 Å². The lowest BCUT2D eigenvalue weighted by Crippen LogP contribution is -2.37. The van der Waals surface area contributed by atoms with Crippen LogP contribution in [0.4, 0.5) is 11.4 Å². The zero-order valence-electron chi connectivity index (χ0n) is 12.8. The number of nitrogens with zero attached hydrogens (tertiary/aromatic N) is 1. The van der Waals surface area contributed by atoms with Crippen molar-refractivity contribution >= 4 is 38.9 Å². The number of carbonyl (C=O) groups is 1. The van der Waals surface area contributed by atoms with E-state index in [1.165, 1.54) is 0 Å². The molecule has 0 atom stereocenters. The summed E-state index contributed by atoms with van der Waals surface area (Å²) < 4.78 is 25.2. The molecule has 23 heavy (non-hydrogen) atoms. The van der Waals surface area contributed by atoms with Gasteiger partial charge in [0.1, 0.15) is 6.54 Å². The van der Waals surface area contributed by atoms with E-state index in [9.17, 15) is 13.2 Å². The number of sulfonamides is 1. The maximum Gasteiger partial charge on any atom is 0.245 e. The molecule has 0 radical (unpaired) electrons. The first-order valence-electron chi connectivity index (χ1n) is 6.87. The molecule has 1 N–H and O–H groups in total. The summed E-state index contributed by atoms with van der Waals surface area (Å²) in [7, 11) is -3.63. The van der Waals surface area contributed by atoms with Crippen molar-refractivity contribution < 1.29 is 13.2 Å². The average Bonchev–Trinajstić information content (AvgIpc) is 2.48. The van der Waals surface area contributed by atoms with Crippen LogP contribution in [0.15, 0.2) is 48.5 Å². The Morgan fingerprint density at radius 2 is 1.78 bits per heavy atom. The number of halogens is 1. The van der Waals surface area contributed by atoms with Gasteiger partial charge >= 0.3 is 0 Å². The standard InChI is InChI=1S/C16H17ClN2O3S/c1-12-14(17)9-6-10-15(12)19(23(2,21)22)11-16(20)18-13-7-4-3-5-8-13/h3-10H,11H2,1-2H3,(H,18,20). The Hall–Kier alpha value is -2.05. The lowest BCUT2D eigenvalue weighted by Gasteiger charge is -2.24. The molecular formula is C16H17ClN2O3S. The molecule has 122 valence electrons. The Morgan fingerprint density at radius 1 is 1.13 bits per heavy atom. The normalized spacial score (nSPS) is 11.1. The molecule has 1 amide bonds. The molecule has 5 nitrogen and oxygen atoms in total. The first kappa shape index (κ1) is 17.3. The van der Waals surface area contributed by atoms with Crippen molar-refractivity contribution in [3.05, 3.63) is 59.1 Å². The van der Waals surface area contributed by atoms with E-state index in [0.717, 1.165) is 10.6 Å². The number of amides is 1. The summed E-state index contributed by atoms with van der Waals surface area (Å²) in [4.78, 5) is 12.2. The highest BCUT2D eigenvalue weighted by molar-refractivity contribution is 7.92. The van der Waals surface area contributed by atoms with Crippen molar-refractivity contribution in [2.24, 2.45) is 0 Å². The number of nitrogens with one attached hydrogen (secondary N) is 1. The minimum atomic E-state index is -3.63. The van der Waals surface area contributed by atoms with Gasteiger partial charge in [0.15, 0.2) is 0 Å². The van der Waals surface area contributed by atoms with Crippen molar-refractivity contribution in [3.8, 4) is 0 Å². The fourth-order valence-electron chi connectivity index (χ4n) is 2.10. The van der Waals surface area contributed by atoms with Gasteiger partial charge in [0.05, 0.1) is 11.9 Å². The lowest BCUT2D eigenvalue weighted by atomic mass is 10.2. The van der Waals surface area contributed by atoms with E-state index in [4.69, 9.17) is 11.6 Å². The fourth-order valence-corrected chi connectivity index (χ4v) is 3.18. The van der Waals surface area contributed by atoms with E-state index >= 15 is 0 Å². The van der Waals surface area contributed by atoms with E-state index < -0.39 is 15.9 Å². The molecule has 0 unspecified atom stereocenters. The van der Waals surface area contributed by atoms with E-state index in [0.29, 0.717) is 22.0 Å². The molecule has 0 aliphatic carbocycles. The van der Waals surface area contributed by atoms with Crippen LogP contribution in [0.2, 0.25) is 5.02 Å². The molecule has 2 aromatic rings. The number of rotatable bonds is 5. The Balaban J connectivity index is 2.27. The largest absolute Gasteiger partial charge is 0.325 e. The maximum absolute atomic E-state index is 12.2. The molecule has 2 aromatic carbocycles. The SMILES string of the molecule is Cc1c(Cl)cccc1N(CC(=O)Nc1ccccc1)S(C)(=O)=O. The highest BCUT2D eigenvalue weighted by Crippen LogP contribution is 2.28. The van der Waals surface area contributed by atoms with Crippen LogP contribution < -0.4 is 9.62 Å². The van der Waals surface area contributed by atoms with Crippen LogP contribution >= 0.6 is 11.6 Å². The summed E-state index contributed by atoms with van der Waals surface area (Å²) in [6, 6.07) is 13.8. The zero-order valence-corrected chi connectivity index (χ0v) is 14.4. The molecule has 0 fully saturated rings. The average molecular weight is 353 g/mol. The van der Waals surface area contributed by atoms with Gasteiger partial charge in [-0.3, -0.25) is 9.10 Å². The van der Waals surface area contributed by atoms with Gasteiger partial charge in [-0.05, 0) is 36.8 Å². The van der Waals surface area contributed by atoms with Crippen LogP contribution in [0, 0.1) is 6.92 Å². The van der Waals surface area contributed by atoms with E-state index in [1.54, 1.807) is 49.4 Å². The monoisotopic (exact) mass is 352 g/mol. The van der Waals surface area contributed by atoms with Gasteiger partial charge in [0.25, 0.3) is 0 Å². The maximum atomic E-state index is 12.2. The second kappa shape index (κ2) is 7.02. The second-order valence-corrected chi connectivity index (χ2v) is 7.38. The highest BCUT2D eigenvalue weighted by Gasteiger charge is 2.23. The molecule has 7 heteroatoms. The molecule has 0 spiro atoms. The van der Waals surface area contributed by atoms with Crippen LogP contribution in [-0.2, 0) is 14.8 Å². The molecule has 0 saturated carbocycles. The van der Waals surface area contributed by atoms with E-state index in [2.05, 4.69) is 5.32 Å². The third-order valence-corrected chi connectivity index (χ3v) is 4.79. The van der Waals surface area contributed by atoms with E-state index in [1.807, 2.05) is 6.07 Å². The summed E-state index contributed by atoms with van der Waals surface area (Å²) >= 11 is 6.05. The second-order valence-electron chi connectivity index (χ2n) is 5.07. The molecule has 0 saturated heterocycles. The number of anilines is 2. The van der Waals surface area contributed by atoms with Crippen LogP contribution in [0.3, 0.4) is 0 Å². The Labute approximate surface area is 140 Å². The smallest absolute Gasteiger partial charge is 0.245 e. The van der Waals surface area contributed by atoms with Crippen molar-refractivity contribution in [3.63, 3.8) is 0 Å². The van der Waals surface area contributed by atoms with Crippen molar-refractivity contribution in [1.29, 1.82) is 0 Å². The van der Waals surface area contributed by atoms with Gasteiger partial charge in [0.2, 0.25) is 15.9 Å². The van der Waals surface area contributed by atoms with Gasteiger partial charge in [0, 0.05) is 10.7 Å². The summed E-state index contributed by atoms with van der Waals surface area (Å²) in [5.41, 5.74) is 1.60. The summed E-state index contributed by atoms with van der Waals surface area (Å²) in [5.74, 6) is -0.430. The third-order valence-electron chi connectivity index (χ3n) is 3.25. The van der Waals surface area contributed by atoms with Gasteiger partial charge < -0.3 is 5.32 Å². The van der Waals surface area contributed by atoms with Crippen molar-refractivity contribution in [2.45, 2.75) is 6.92 Å². The Bertz CT molecular complexity index is 807. The van der Waals surface area contributed by atoms with Gasteiger partial charge in [-0.25, -0.2) is 8.42 Å². The van der Waals surface area contributed by atoms with Crippen molar-refractivity contribution in [2.75, 3.05) is 22.4 Å². The molecule has 2 rings (SSSR count). The van der Waals surface area contributed by atoms with Gasteiger partial charge in [-0.1, -0.05) is 35.9 Å². The van der Waals surface area contributed by atoms with Crippen LogP contribution in [0.25, 0.3) is 0 Å². The first-order chi connectivity index (χ1) is 10.8. The van der Waals surface area contributed by atoms with E-state index in [-0.39, 0.29) is 6.54 Å². The summed E-state index contributed by atoms with van der Waals surface area (Å²) in [6.07, 6.45) is 1.06. The zero-order chi connectivity index (χ0) is 17.0. The Morgan fingerprint density at radius 3 is 2.39 bits per heavy atom. The minimum absolute atomic E-state index is 0.324. The van der Waals surface area contributed by atoms with Gasteiger partial charge in [-0.15, -0.1) is 0 Å². The predicted molar refractivity (Wildman–Crippen MR) is 93.5 cm³/mol. The molecule has 0 aliphatic heterocycles. The molecule has 0 aliphatic rings.